The second-order valence-electron chi connectivity index (χ2n) is 5.49. The zero-order valence-electron chi connectivity index (χ0n) is 13.2. The van der Waals surface area contributed by atoms with E-state index in [0.717, 1.165) is 33.1 Å². The minimum Gasteiger partial charge on any atom is -0.311 e. The molecule has 0 atom stereocenters. The topological polar surface area (TPSA) is 22.0 Å². The van der Waals surface area contributed by atoms with Crippen LogP contribution in [-0.4, -0.2) is 4.57 Å². The largest absolute Gasteiger partial charge is 0.311 e. The van der Waals surface area contributed by atoms with Gasteiger partial charge in [0.25, 0.3) is 5.56 Å². The summed E-state index contributed by atoms with van der Waals surface area (Å²) in [5.74, 6) is 0.778. The highest BCUT2D eigenvalue weighted by molar-refractivity contribution is 9.10. The quantitative estimate of drug-likeness (QED) is 0.577. The van der Waals surface area contributed by atoms with Crippen molar-refractivity contribution in [2.24, 2.45) is 7.05 Å². The fourth-order valence-electron chi connectivity index (χ4n) is 2.64. The Kier molecular flexibility index (Phi) is 4.93. The Hall–Kier alpha value is -1.52. The summed E-state index contributed by atoms with van der Waals surface area (Å²) in [7, 11) is 1.82. The molecule has 1 aromatic heterocycles. The van der Waals surface area contributed by atoms with Crippen LogP contribution in [0.5, 0.6) is 0 Å². The Morgan fingerprint density at radius 3 is 2.65 bits per heavy atom. The molecule has 0 N–H and O–H groups in total. The number of rotatable bonds is 4. The van der Waals surface area contributed by atoms with Crippen molar-refractivity contribution in [3.05, 3.63) is 74.5 Å². The first-order valence-corrected chi connectivity index (χ1v) is 9.37. The molecule has 2 nitrogen and oxygen atoms in total. The number of hydrogen-bond donors (Lipinski definition) is 0. The molecule has 3 aromatic rings. The lowest BCUT2D eigenvalue weighted by Crippen LogP contribution is -2.16. The summed E-state index contributed by atoms with van der Waals surface area (Å²) in [4.78, 5) is 13.4. The zero-order chi connectivity index (χ0) is 16.4. The number of benzene rings is 2. The van der Waals surface area contributed by atoms with Crippen LogP contribution in [0.2, 0.25) is 0 Å². The second-order valence-corrected chi connectivity index (χ2v) is 7.36. The first-order chi connectivity index (χ1) is 11.1. The lowest BCUT2D eigenvalue weighted by molar-refractivity contribution is 0.902. The van der Waals surface area contributed by atoms with Crippen molar-refractivity contribution in [1.82, 2.24) is 4.57 Å². The number of pyridine rings is 1. The summed E-state index contributed by atoms with van der Waals surface area (Å²) in [5.41, 5.74) is 3.43. The third-order valence-electron chi connectivity index (χ3n) is 4.03. The maximum absolute atomic E-state index is 12.2. The highest BCUT2D eigenvalue weighted by Gasteiger charge is 2.08. The van der Waals surface area contributed by atoms with Gasteiger partial charge in [-0.05, 0) is 51.7 Å². The molecule has 0 radical (unpaired) electrons. The average Bonchev–Trinajstić information content (AvgIpc) is 2.57. The Labute approximate surface area is 148 Å². The highest BCUT2D eigenvalue weighted by Crippen LogP contribution is 2.32. The maximum atomic E-state index is 12.2. The van der Waals surface area contributed by atoms with E-state index in [1.54, 1.807) is 22.4 Å². The minimum absolute atomic E-state index is 0.0414. The summed E-state index contributed by atoms with van der Waals surface area (Å²) >= 11 is 5.40. The van der Waals surface area contributed by atoms with Crippen molar-refractivity contribution in [2.75, 3.05) is 0 Å². The van der Waals surface area contributed by atoms with Gasteiger partial charge >= 0.3 is 0 Å². The fraction of sp³-hybridized carbons (Fsp3) is 0.211. The van der Waals surface area contributed by atoms with E-state index in [1.165, 1.54) is 10.5 Å². The van der Waals surface area contributed by atoms with Crippen LogP contribution in [-0.2, 0) is 19.2 Å². The van der Waals surface area contributed by atoms with Gasteiger partial charge in [0, 0.05) is 33.6 Å². The van der Waals surface area contributed by atoms with E-state index in [-0.39, 0.29) is 5.56 Å². The molecule has 0 amide bonds. The van der Waals surface area contributed by atoms with Crippen molar-refractivity contribution >= 4 is 38.6 Å². The molecule has 4 heteroatoms. The number of aryl methyl sites for hydroxylation is 2. The van der Waals surface area contributed by atoms with Crippen molar-refractivity contribution in [1.29, 1.82) is 0 Å². The van der Waals surface area contributed by atoms with Gasteiger partial charge in [0.1, 0.15) is 0 Å². The van der Waals surface area contributed by atoms with Crippen LogP contribution in [0.15, 0.2) is 62.7 Å². The molecule has 0 spiro atoms. The van der Waals surface area contributed by atoms with Gasteiger partial charge in [-0.3, -0.25) is 4.79 Å². The molecule has 0 aliphatic heterocycles. The van der Waals surface area contributed by atoms with E-state index in [9.17, 15) is 4.79 Å². The van der Waals surface area contributed by atoms with Gasteiger partial charge in [-0.15, -0.1) is 11.8 Å². The summed E-state index contributed by atoms with van der Waals surface area (Å²) < 4.78 is 2.82. The molecular weight excluding hydrogens is 370 g/mol. The third kappa shape index (κ3) is 3.38. The molecule has 2 aromatic carbocycles. The van der Waals surface area contributed by atoms with E-state index in [0.29, 0.717) is 0 Å². The predicted molar refractivity (Wildman–Crippen MR) is 102 cm³/mol. The first kappa shape index (κ1) is 16.3. The van der Waals surface area contributed by atoms with Gasteiger partial charge in [-0.1, -0.05) is 31.2 Å². The van der Waals surface area contributed by atoms with Crippen LogP contribution in [0.4, 0.5) is 0 Å². The fourth-order valence-corrected chi connectivity index (χ4v) is 4.32. The monoisotopic (exact) mass is 387 g/mol. The van der Waals surface area contributed by atoms with Crippen LogP contribution >= 0.6 is 27.7 Å². The summed E-state index contributed by atoms with van der Waals surface area (Å²) in [5, 5.41) is 1.14. The Balaban J connectivity index is 1.94. The van der Waals surface area contributed by atoms with E-state index in [1.807, 2.05) is 25.2 Å². The highest BCUT2D eigenvalue weighted by atomic mass is 79.9. The van der Waals surface area contributed by atoms with Crippen LogP contribution in [0.25, 0.3) is 10.9 Å². The number of halogens is 1. The Bertz CT molecular complexity index is 917. The predicted octanol–water partition coefficient (Wildman–Crippen LogP) is 5.16. The van der Waals surface area contributed by atoms with Gasteiger partial charge in [0.15, 0.2) is 0 Å². The maximum Gasteiger partial charge on any atom is 0.251 e. The molecule has 118 valence electrons. The summed E-state index contributed by atoms with van der Waals surface area (Å²) in [6, 6.07) is 16.3. The van der Waals surface area contributed by atoms with Crippen LogP contribution in [0, 0.1) is 0 Å². The van der Waals surface area contributed by atoms with Crippen LogP contribution < -0.4 is 5.56 Å². The second kappa shape index (κ2) is 6.93. The number of para-hydroxylation sites is 1. The summed E-state index contributed by atoms with van der Waals surface area (Å²) in [6.07, 6.45) is 1.03. The molecular formula is C19H18BrNOS. The first-order valence-electron chi connectivity index (χ1n) is 7.59. The minimum atomic E-state index is 0.0414. The van der Waals surface area contributed by atoms with E-state index < -0.39 is 0 Å². The number of aromatic nitrogens is 1. The van der Waals surface area contributed by atoms with E-state index in [4.69, 9.17) is 0 Å². The van der Waals surface area contributed by atoms with Crippen LogP contribution in [0.1, 0.15) is 18.1 Å². The average molecular weight is 388 g/mol. The van der Waals surface area contributed by atoms with Gasteiger partial charge in [0.05, 0.1) is 5.52 Å². The molecule has 0 saturated carbocycles. The lowest BCUT2D eigenvalue weighted by atomic mass is 10.1. The Morgan fingerprint density at radius 1 is 1.13 bits per heavy atom. The van der Waals surface area contributed by atoms with Crippen molar-refractivity contribution in [3.63, 3.8) is 0 Å². The van der Waals surface area contributed by atoms with Gasteiger partial charge in [-0.2, -0.15) is 0 Å². The SMILES string of the molecule is CCc1ccc(SCc2cc(=O)n(C)c3ccccc23)c(Br)c1. The van der Waals surface area contributed by atoms with Gasteiger partial charge < -0.3 is 4.57 Å². The van der Waals surface area contributed by atoms with Crippen molar-refractivity contribution in [3.8, 4) is 0 Å². The number of hydrogen-bond acceptors (Lipinski definition) is 2. The molecule has 0 unspecified atom stereocenters. The molecule has 0 fully saturated rings. The normalized spacial score (nSPS) is 11.1. The standard InChI is InChI=1S/C19H18BrNOS/c1-3-13-8-9-18(16(20)10-13)23-12-14-11-19(22)21(2)17-7-5-4-6-15(14)17/h4-11H,3,12H2,1-2H3. The lowest BCUT2D eigenvalue weighted by Gasteiger charge is -2.11. The number of nitrogens with zero attached hydrogens (tertiary/aromatic N) is 1. The molecule has 3 rings (SSSR count). The van der Waals surface area contributed by atoms with Crippen molar-refractivity contribution in [2.45, 2.75) is 24.0 Å². The molecule has 1 heterocycles. The van der Waals surface area contributed by atoms with Gasteiger partial charge in [0.2, 0.25) is 0 Å². The molecule has 0 bridgehead atoms. The van der Waals surface area contributed by atoms with Gasteiger partial charge in [-0.25, -0.2) is 0 Å². The molecule has 0 aliphatic rings. The third-order valence-corrected chi connectivity index (χ3v) is 6.07. The van der Waals surface area contributed by atoms with E-state index >= 15 is 0 Å². The molecule has 0 saturated heterocycles. The molecule has 23 heavy (non-hydrogen) atoms. The number of fused-ring (bicyclic) bond motifs is 1. The number of thioether (sulfide) groups is 1. The smallest absolute Gasteiger partial charge is 0.251 e. The van der Waals surface area contributed by atoms with Crippen molar-refractivity contribution < 1.29 is 0 Å². The zero-order valence-corrected chi connectivity index (χ0v) is 15.6. The molecule has 0 aliphatic carbocycles. The Morgan fingerprint density at radius 2 is 1.91 bits per heavy atom. The summed E-state index contributed by atoms with van der Waals surface area (Å²) in [6.45, 7) is 2.15. The van der Waals surface area contributed by atoms with Crippen LogP contribution in [0.3, 0.4) is 0 Å². The van der Waals surface area contributed by atoms with E-state index in [2.05, 4.69) is 47.1 Å².